The first-order valence-electron chi connectivity index (χ1n) is 9.64. The molecule has 1 heterocycles. The Morgan fingerprint density at radius 3 is 2.52 bits per heavy atom. The molecular weight excluding hydrogens is 424 g/mol. The predicted molar refractivity (Wildman–Crippen MR) is 117 cm³/mol. The number of likely N-dealkylation sites (N-methyl/N-ethyl adjacent to an activating group) is 1. The summed E-state index contributed by atoms with van der Waals surface area (Å²) in [5.74, 6) is 0.419. The van der Waals surface area contributed by atoms with Gasteiger partial charge in [0.25, 0.3) is 0 Å². The van der Waals surface area contributed by atoms with E-state index in [1.54, 1.807) is 54.4 Å². The molecule has 164 valence electrons. The summed E-state index contributed by atoms with van der Waals surface area (Å²) >= 11 is 6.02. The monoisotopic (exact) mass is 446 g/mol. The van der Waals surface area contributed by atoms with E-state index in [1.807, 2.05) is 0 Å². The fourth-order valence-electron chi connectivity index (χ4n) is 2.84. The maximum atomic E-state index is 12.1. The number of rotatable bonds is 7. The molecule has 1 aliphatic heterocycles. The zero-order valence-corrected chi connectivity index (χ0v) is 17.7. The van der Waals surface area contributed by atoms with Gasteiger partial charge in [0.1, 0.15) is 13.2 Å². The molecule has 0 bridgehead atoms. The maximum Gasteiger partial charge on any atom is 0.325 e. The second kappa shape index (κ2) is 10.6. The first-order chi connectivity index (χ1) is 14.9. The maximum absolute atomic E-state index is 12.1. The third kappa shape index (κ3) is 6.87. The van der Waals surface area contributed by atoms with Crippen molar-refractivity contribution in [3.05, 3.63) is 47.5 Å². The smallest absolute Gasteiger partial charge is 0.325 e. The van der Waals surface area contributed by atoms with Crippen LogP contribution in [0.25, 0.3) is 0 Å². The van der Waals surface area contributed by atoms with E-state index in [0.29, 0.717) is 47.7 Å². The number of halogens is 1. The highest BCUT2D eigenvalue weighted by Gasteiger charge is 2.15. The lowest BCUT2D eigenvalue weighted by Crippen LogP contribution is -2.37. The Kier molecular flexibility index (Phi) is 7.69. The van der Waals surface area contributed by atoms with Crippen LogP contribution in [-0.4, -0.2) is 56.1 Å². The normalized spacial score (nSPS) is 12.2. The number of urea groups is 1. The molecule has 4 amide bonds. The third-order valence-corrected chi connectivity index (χ3v) is 4.66. The summed E-state index contributed by atoms with van der Waals surface area (Å²) in [6.45, 7) is 1.27. The van der Waals surface area contributed by atoms with E-state index in [-0.39, 0.29) is 18.9 Å². The highest BCUT2D eigenvalue weighted by atomic mass is 35.5. The number of amides is 4. The number of hydrogen-bond acceptors (Lipinski definition) is 6. The van der Waals surface area contributed by atoms with Crippen LogP contribution in [0, 0.1) is 0 Å². The van der Waals surface area contributed by atoms with Gasteiger partial charge in [0, 0.05) is 24.7 Å². The lowest BCUT2D eigenvalue weighted by molar-refractivity contribution is -0.121. The van der Waals surface area contributed by atoms with Gasteiger partial charge in [-0.1, -0.05) is 23.7 Å². The number of nitrogens with one attached hydrogen (secondary N) is 3. The summed E-state index contributed by atoms with van der Waals surface area (Å²) < 4.78 is 10.9. The molecule has 3 N–H and O–H groups in total. The number of ether oxygens (including phenoxy) is 2. The molecule has 0 radical (unpaired) electrons. The van der Waals surface area contributed by atoms with Gasteiger partial charge in [0.05, 0.1) is 17.3 Å². The van der Waals surface area contributed by atoms with E-state index < -0.39 is 11.9 Å². The van der Waals surface area contributed by atoms with Crippen molar-refractivity contribution >= 4 is 40.8 Å². The number of fused-ring (bicyclic) bond motifs is 1. The molecule has 0 aliphatic carbocycles. The largest absolute Gasteiger partial charge is 0.486 e. The molecule has 0 saturated carbocycles. The fourth-order valence-corrected chi connectivity index (χ4v) is 3.02. The minimum Gasteiger partial charge on any atom is -0.486 e. The van der Waals surface area contributed by atoms with Gasteiger partial charge in [-0.25, -0.2) is 4.79 Å². The van der Waals surface area contributed by atoms with Gasteiger partial charge >= 0.3 is 6.03 Å². The van der Waals surface area contributed by atoms with Crippen molar-refractivity contribution in [2.75, 3.05) is 44.0 Å². The van der Waals surface area contributed by atoms with E-state index >= 15 is 0 Å². The minimum absolute atomic E-state index is 0.0461. The van der Waals surface area contributed by atoms with Crippen molar-refractivity contribution in [3.8, 4) is 11.5 Å². The number of nitrogens with zero attached hydrogens (tertiary/aromatic N) is 1. The van der Waals surface area contributed by atoms with Crippen molar-refractivity contribution in [2.45, 2.75) is 6.42 Å². The van der Waals surface area contributed by atoms with Crippen LogP contribution in [0.3, 0.4) is 0 Å². The summed E-state index contributed by atoms with van der Waals surface area (Å²) in [6.07, 6.45) is 0.0461. The summed E-state index contributed by atoms with van der Waals surface area (Å²) in [5, 5.41) is 8.00. The van der Waals surface area contributed by atoms with Crippen LogP contribution in [0.4, 0.5) is 16.2 Å². The molecule has 0 unspecified atom stereocenters. The van der Waals surface area contributed by atoms with Crippen LogP contribution in [0.15, 0.2) is 42.5 Å². The quantitative estimate of drug-likeness (QED) is 0.603. The molecule has 2 aromatic rings. The fraction of sp³-hybridized carbons (Fsp3) is 0.286. The second-order valence-corrected chi connectivity index (χ2v) is 7.28. The van der Waals surface area contributed by atoms with Crippen LogP contribution in [0.1, 0.15) is 6.42 Å². The van der Waals surface area contributed by atoms with Gasteiger partial charge in [-0.2, -0.15) is 0 Å². The first-order valence-corrected chi connectivity index (χ1v) is 10.0. The highest BCUT2D eigenvalue weighted by Crippen LogP contribution is 2.32. The van der Waals surface area contributed by atoms with Gasteiger partial charge in [-0.05, 0) is 31.3 Å². The molecule has 2 aromatic carbocycles. The Labute approximate surface area is 184 Å². The van der Waals surface area contributed by atoms with Crippen LogP contribution in [0.2, 0.25) is 5.02 Å². The predicted octanol–water partition coefficient (Wildman–Crippen LogP) is 2.72. The number of anilines is 2. The summed E-state index contributed by atoms with van der Waals surface area (Å²) in [7, 11) is 1.70. The molecule has 0 aromatic heterocycles. The van der Waals surface area contributed by atoms with Gasteiger partial charge in [-0.15, -0.1) is 0 Å². The zero-order chi connectivity index (χ0) is 22.2. The number of imide groups is 1. The number of carbonyl (C=O) groups is 3. The van der Waals surface area contributed by atoms with Gasteiger partial charge in [0.15, 0.2) is 11.5 Å². The molecule has 0 spiro atoms. The SMILES string of the molecule is CN(CCC(=O)NC(=O)Nc1ccc2c(c1)OCCO2)CC(=O)Nc1ccccc1Cl. The van der Waals surface area contributed by atoms with Gasteiger partial charge in [-0.3, -0.25) is 19.8 Å². The average molecular weight is 447 g/mol. The summed E-state index contributed by atoms with van der Waals surface area (Å²) in [6, 6.07) is 11.2. The summed E-state index contributed by atoms with van der Waals surface area (Å²) in [5.41, 5.74) is 0.999. The first kappa shape index (κ1) is 22.4. The lowest BCUT2D eigenvalue weighted by Gasteiger charge is -2.19. The van der Waals surface area contributed by atoms with E-state index in [1.165, 1.54) is 0 Å². The van der Waals surface area contributed by atoms with E-state index in [0.717, 1.165) is 0 Å². The number of benzene rings is 2. The van der Waals surface area contributed by atoms with Crippen LogP contribution >= 0.6 is 11.6 Å². The Hall–Kier alpha value is -3.30. The Morgan fingerprint density at radius 1 is 1.00 bits per heavy atom. The van der Waals surface area contributed by atoms with Crippen molar-refractivity contribution in [1.29, 1.82) is 0 Å². The molecule has 10 heteroatoms. The van der Waals surface area contributed by atoms with Gasteiger partial charge in [0.2, 0.25) is 11.8 Å². The van der Waals surface area contributed by atoms with Gasteiger partial charge < -0.3 is 20.1 Å². The van der Waals surface area contributed by atoms with Crippen LogP contribution < -0.4 is 25.4 Å². The molecule has 0 saturated heterocycles. The molecule has 3 rings (SSSR count). The standard InChI is InChI=1S/C21H23ClN4O5/c1-26(13-20(28)24-16-5-3-2-4-15(16)22)9-8-19(27)25-21(29)23-14-6-7-17-18(12-14)31-11-10-30-17/h2-7,12H,8-11,13H2,1H3,(H,24,28)(H2,23,25,27,29). The van der Waals surface area contributed by atoms with Crippen LogP contribution in [-0.2, 0) is 9.59 Å². The van der Waals surface area contributed by atoms with Crippen LogP contribution in [0.5, 0.6) is 11.5 Å². The Morgan fingerprint density at radius 2 is 1.74 bits per heavy atom. The molecular formula is C21H23ClN4O5. The molecule has 31 heavy (non-hydrogen) atoms. The number of para-hydroxylation sites is 1. The second-order valence-electron chi connectivity index (χ2n) is 6.88. The van der Waals surface area contributed by atoms with Crippen molar-refractivity contribution in [2.24, 2.45) is 0 Å². The molecule has 9 nitrogen and oxygen atoms in total. The van der Waals surface area contributed by atoms with Crippen molar-refractivity contribution in [3.63, 3.8) is 0 Å². The summed E-state index contributed by atoms with van der Waals surface area (Å²) in [4.78, 5) is 37.9. The molecule has 0 atom stereocenters. The van der Waals surface area contributed by atoms with Crippen molar-refractivity contribution < 1.29 is 23.9 Å². The third-order valence-electron chi connectivity index (χ3n) is 4.34. The average Bonchev–Trinajstić information content (AvgIpc) is 2.73. The van der Waals surface area contributed by atoms with E-state index in [9.17, 15) is 14.4 Å². The van der Waals surface area contributed by atoms with Crippen molar-refractivity contribution in [1.82, 2.24) is 10.2 Å². The zero-order valence-electron chi connectivity index (χ0n) is 16.9. The minimum atomic E-state index is -0.652. The molecule has 0 fully saturated rings. The molecule has 1 aliphatic rings. The lowest BCUT2D eigenvalue weighted by atomic mass is 10.2. The van der Waals surface area contributed by atoms with E-state index in [4.69, 9.17) is 21.1 Å². The highest BCUT2D eigenvalue weighted by molar-refractivity contribution is 6.33. The topological polar surface area (TPSA) is 109 Å². The number of carbonyl (C=O) groups excluding carboxylic acids is 3. The number of hydrogen-bond donors (Lipinski definition) is 3. The Balaban J connectivity index is 1.38. The van der Waals surface area contributed by atoms with E-state index in [2.05, 4.69) is 16.0 Å². The Bertz CT molecular complexity index is 969.